The summed E-state index contributed by atoms with van der Waals surface area (Å²) in [7, 11) is 0. The molecule has 3 heterocycles. The lowest BCUT2D eigenvalue weighted by molar-refractivity contribution is -0.116. The second-order valence-electron chi connectivity index (χ2n) is 5.76. The van der Waals surface area contributed by atoms with Gasteiger partial charge in [0.25, 0.3) is 0 Å². The summed E-state index contributed by atoms with van der Waals surface area (Å²) < 4.78 is 0. The van der Waals surface area contributed by atoms with Gasteiger partial charge in [-0.1, -0.05) is 11.6 Å². The first-order valence-corrected chi connectivity index (χ1v) is 7.92. The number of amides is 1. The van der Waals surface area contributed by atoms with Crippen LogP contribution in [0.4, 0.5) is 5.82 Å². The number of aryl methyl sites for hydroxylation is 1. The maximum Gasteiger partial charge on any atom is 0.226 e. The summed E-state index contributed by atoms with van der Waals surface area (Å²) in [6.07, 6.45) is 3.91. The molecule has 120 valence electrons. The molecule has 7 heteroatoms. The Labute approximate surface area is 143 Å². The largest absolute Gasteiger partial charge is 0.309 e. The van der Waals surface area contributed by atoms with Crippen molar-refractivity contribution in [1.82, 2.24) is 20.2 Å². The van der Waals surface area contributed by atoms with E-state index >= 15 is 0 Å². The molecule has 0 aliphatic carbocycles. The number of H-pyrrole nitrogens is 1. The van der Waals surface area contributed by atoms with E-state index in [-0.39, 0.29) is 11.8 Å². The monoisotopic (exact) mass is 339 g/mol. The van der Waals surface area contributed by atoms with Crippen LogP contribution >= 0.6 is 11.6 Å². The minimum Gasteiger partial charge on any atom is -0.309 e. The second kappa shape index (κ2) is 5.72. The summed E-state index contributed by atoms with van der Waals surface area (Å²) >= 11 is 5.90. The van der Waals surface area contributed by atoms with Gasteiger partial charge < -0.3 is 5.32 Å². The molecule has 0 saturated heterocycles. The molecule has 0 radical (unpaired) electrons. The van der Waals surface area contributed by atoms with E-state index in [4.69, 9.17) is 11.6 Å². The van der Waals surface area contributed by atoms with Crippen molar-refractivity contribution in [3.63, 3.8) is 0 Å². The first-order chi connectivity index (χ1) is 11.6. The van der Waals surface area contributed by atoms with E-state index in [9.17, 15) is 4.79 Å². The summed E-state index contributed by atoms with van der Waals surface area (Å²) in [5, 5.41) is 10.5. The van der Waals surface area contributed by atoms with Crippen molar-refractivity contribution in [1.29, 1.82) is 0 Å². The third-order valence-corrected chi connectivity index (χ3v) is 4.42. The number of aromatic nitrogens is 4. The summed E-state index contributed by atoms with van der Waals surface area (Å²) in [5.74, 6) is 1.07. The molecule has 4 rings (SSSR count). The number of carbonyl (C=O) groups excluding carboxylic acids is 1. The normalized spacial score (nSPS) is 16.6. The van der Waals surface area contributed by atoms with E-state index in [0.717, 1.165) is 22.4 Å². The van der Waals surface area contributed by atoms with Crippen molar-refractivity contribution < 1.29 is 4.79 Å². The van der Waals surface area contributed by atoms with Gasteiger partial charge in [-0.3, -0.25) is 9.89 Å². The topological polar surface area (TPSA) is 83.6 Å². The lowest BCUT2D eigenvalue weighted by Crippen LogP contribution is -2.23. The van der Waals surface area contributed by atoms with Crippen LogP contribution in [0.25, 0.3) is 11.4 Å². The Morgan fingerprint density at radius 3 is 2.58 bits per heavy atom. The average Bonchev–Trinajstić information content (AvgIpc) is 2.96. The molecule has 1 amide bonds. The predicted octanol–water partition coefficient (Wildman–Crippen LogP) is 3.30. The number of carbonyl (C=O) groups is 1. The van der Waals surface area contributed by atoms with Gasteiger partial charge in [0.1, 0.15) is 0 Å². The van der Waals surface area contributed by atoms with Crippen LogP contribution in [0.2, 0.25) is 5.02 Å². The molecule has 1 aliphatic rings. The molecule has 1 unspecified atom stereocenters. The van der Waals surface area contributed by atoms with Crippen LogP contribution in [0.1, 0.15) is 29.2 Å². The van der Waals surface area contributed by atoms with Crippen LogP contribution in [0.15, 0.2) is 36.7 Å². The van der Waals surface area contributed by atoms with Crippen molar-refractivity contribution in [2.24, 2.45) is 0 Å². The van der Waals surface area contributed by atoms with Crippen LogP contribution < -0.4 is 5.32 Å². The number of benzene rings is 1. The maximum absolute atomic E-state index is 11.9. The molecule has 0 saturated carbocycles. The predicted molar refractivity (Wildman–Crippen MR) is 90.9 cm³/mol. The standard InChI is InChI=1S/C17H14ClN5O/c1-9-15-13(6-14(24)21-17(15)23-22-9)11-7-19-16(20-8-11)10-2-4-12(18)5-3-10/h2-5,7-8,13H,6H2,1H3,(H2,21,22,23,24). The zero-order valence-electron chi connectivity index (χ0n) is 12.9. The number of anilines is 1. The van der Waals surface area contributed by atoms with E-state index in [2.05, 4.69) is 25.5 Å². The lowest BCUT2D eigenvalue weighted by atomic mass is 9.87. The molecule has 2 aromatic heterocycles. The van der Waals surface area contributed by atoms with Gasteiger partial charge in [-0.25, -0.2) is 9.97 Å². The Morgan fingerprint density at radius 2 is 1.88 bits per heavy atom. The zero-order valence-corrected chi connectivity index (χ0v) is 13.6. The molecule has 0 bridgehead atoms. The number of aromatic amines is 1. The first kappa shape index (κ1) is 14.8. The van der Waals surface area contributed by atoms with Crippen molar-refractivity contribution in [2.75, 3.05) is 5.32 Å². The van der Waals surface area contributed by atoms with Crippen molar-refractivity contribution in [2.45, 2.75) is 19.3 Å². The molecule has 24 heavy (non-hydrogen) atoms. The smallest absolute Gasteiger partial charge is 0.226 e. The Bertz CT molecular complexity index is 902. The maximum atomic E-state index is 11.9. The van der Waals surface area contributed by atoms with Gasteiger partial charge in [0.2, 0.25) is 5.91 Å². The number of nitrogens with one attached hydrogen (secondary N) is 2. The summed E-state index contributed by atoms with van der Waals surface area (Å²) in [6.45, 7) is 1.94. The van der Waals surface area contributed by atoms with E-state index in [1.165, 1.54) is 0 Å². The van der Waals surface area contributed by atoms with Crippen LogP contribution in [0.3, 0.4) is 0 Å². The third-order valence-electron chi connectivity index (χ3n) is 4.17. The van der Waals surface area contributed by atoms with Gasteiger partial charge in [-0.2, -0.15) is 5.10 Å². The Balaban J connectivity index is 1.69. The van der Waals surface area contributed by atoms with Gasteiger partial charge >= 0.3 is 0 Å². The molecule has 1 aromatic carbocycles. The number of rotatable bonds is 2. The highest BCUT2D eigenvalue weighted by atomic mass is 35.5. The number of hydrogen-bond acceptors (Lipinski definition) is 4. The molecule has 6 nitrogen and oxygen atoms in total. The molecule has 3 aromatic rings. The number of nitrogens with zero attached hydrogens (tertiary/aromatic N) is 3. The fraction of sp³-hybridized carbons (Fsp3) is 0.176. The van der Waals surface area contributed by atoms with Crippen LogP contribution in [-0.4, -0.2) is 26.1 Å². The zero-order chi connectivity index (χ0) is 16.7. The molecule has 0 spiro atoms. The lowest BCUT2D eigenvalue weighted by Gasteiger charge is -2.22. The highest BCUT2D eigenvalue weighted by Gasteiger charge is 2.30. The first-order valence-electron chi connectivity index (χ1n) is 7.54. The highest BCUT2D eigenvalue weighted by molar-refractivity contribution is 6.30. The van der Waals surface area contributed by atoms with Gasteiger partial charge in [0.05, 0.1) is 0 Å². The van der Waals surface area contributed by atoms with Crippen LogP contribution in [0, 0.1) is 6.92 Å². The average molecular weight is 340 g/mol. The van der Waals surface area contributed by atoms with Crippen LogP contribution in [-0.2, 0) is 4.79 Å². The summed E-state index contributed by atoms with van der Waals surface area (Å²) in [4.78, 5) is 20.8. The van der Waals surface area contributed by atoms with E-state index < -0.39 is 0 Å². The number of hydrogen-bond donors (Lipinski definition) is 2. The Kier molecular flexibility index (Phi) is 3.54. The number of fused-ring (bicyclic) bond motifs is 1. The van der Waals surface area contributed by atoms with Gasteiger partial charge in [-0.05, 0) is 36.8 Å². The fourth-order valence-electron chi connectivity index (χ4n) is 2.98. The number of halogens is 1. The Hall–Kier alpha value is -2.73. The second-order valence-corrected chi connectivity index (χ2v) is 6.20. The minimum atomic E-state index is -0.0910. The van der Waals surface area contributed by atoms with E-state index in [1.807, 2.05) is 19.1 Å². The highest BCUT2D eigenvalue weighted by Crippen LogP contribution is 2.37. The van der Waals surface area contributed by atoms with Crippen molar-refractivity contribution in [3.05, 3.63) is 58.5 Å². The summed E-state index contributed by atoms with van der Waals surface area (Å²) in [6, 6.07) is 7.37. The molecule has 0 fully saturated rings. The fourth-order valence-corrected chi connectivity index (χ4v) is 3.11. The van der Waals surface area contributed by atoms with Gasteiger partial charge in [-0.15, -0.1) is 0 Å². The molecule has 2 N–H and O–H groups in total. The van der Waals surface area contributed by atoms with E-state index in [1.54, 1.807) is 24.5 Å². The minimum absolute atomic E-state index is 0.0548. The molecular formula is C17H14ClN5O. The van der Waals surface area contributed by atoms with E-state index in [0.29, 0.717) is 23.1 Å². The Morgan fingerprint density at radius 1 is 1.17 bits per heavy atom. The van der Waals surface area contributed by atoms with Gasteiger partial charge in [0.15, 0.2) is 11.6 Å². The van der Waals surface area contributed by atoms with Crippen molar-refractivity contribution in [3.8, 4) is 11.4 Å². The summed E-state index contributed by atoms with van der Waals surface area (Å²) in [5.41, 5.74) is 3.73. The third kappa shape index (κ3) is 2.55. The van der Waals surface area contributed by atoms with Crippen LogP contribution in [0.5, 0.6) is 0 Å². The SMILES string of the molecule is Cc1[nH]nc2c1C(c1cnc(-c3ccc(Cl)cc3)nc1)CC(=O)N2. The van der Waals surface area contributed by atoms with Gasteiger partial charge in [0, 0.05) is 46.6 Å². The quantitative estimate of drug-likeness (QED) is 0.750. The van der Waals surface area contributed by atoms with Crippen molar-refractivity contribution >= 4 is 23.3 Å². The molecule has 1 aliphatic heterocycles. The molecule has 1 atom stereocenters. The molecular weight excluding hydrogens is 326 g/mol.